The topological polar surface area (TPSA) is 100 Å². The van der Waals surface area contributed by atoms with E-state index in [0.717, 1.165) is 12.0 Å². The zero-order chi connectivity index (χ0) is 16.2. The number of benzene rings is 1. The van der Waals surface area contributed by atoms with Crippen molar-refractivity contribution in [2.24, 2.45) is 5.92 Å². The van der Waals surface area contributed by atoms with Crippen molar-refractivity contribution in [3.63, 3.8) is 0 Å². The van der Waals surface area contributed by atoms with Crippen LogP contribution in [0.2, 0.25) is 0 Å². The average molecular weight is 314 g/mol. The summed E-state index contributed by atoms with van der Waals surface area (Å²) in [5.41, 5.74) is 1.46. The van der Waals surface area contributed by atoms with Crippen LogP contribution in [0.4, 0.5) is 10.5 Å². The molecule has 1 aromatic heterocycles. The molecule has 1 aliphatic carbocycles. The van der Waals surface area contributed by atoms with Crippen molar-refractivity contribution in [1.29, 1.82) is 0 Å². The van der Waals surface area contributed by atoms with Crippen LogP contribution >= 0.6 is 0 Å². The Morgan fingerprint density at radius 3 is 2.70 bits per heavy atom. The fourth-order valence-electron chi connectivity index (χ4n) is 2.46. The molecule has 1 heterocycles. The Balaban J connectivity index is 1.56. The van der Waals surface area contributed by atoms with Crippen molar-refractivity contribution in [1.82, 2.24) is 15.5 Å². The summed E-state index contributed by atoms with van der Waals surface area (Å²) in [6.07, 6.45) is 4.55. The Morgan fingerprint density at radius 1 is 1.30 bits per heavy atom. The van der Waals surface area contributed by atoms with Crippen LogP contribution in [-0.4, -0.2) is 34.0 Å². The molecule has 0 unspecified atom stereocenters. The number of aliphatic hydroxyl groups excluding tert-OH is 1. The molecule has 1 aromatic carbocycles. The number of anilines is 1. The van der Waals surface area contributed by atoms with E-state index in [1.165, 1.54) is 0 Å². The van der Waals surface area contributed by atoms with Gasteiger partial charge in [0, 0.05) is 36.7 Å². The summed E-state index contributed by atoms with van der Waals surface area (Å²) in [5, 5.41) is 22.4. The van der Waals surface area contributed by atoms with Crippen LogP contribution in [0.3, 0.4) is 0 Å². The first-order valence-electron chi connectivity index (χ1n) is 7.41. The van der Waals surface area contributed by atoms with Crippen molar-refractivity contribution in [3.8, 4) is 11.5 Å². The van der Waals surface area contributed by atoms with Crippen LogP contribution in [0, 0.1) is 12.8 Å². The van der Waals surface area contributed by atoms with Crippen molar-refractivity contribution < 1.29 is 14.3 Å². The monoisotopic (exact) mass is 314 g/mol. The highest BCUT2D eigenvalue weighted by atomic mass is 16.4. The number of hydrogen-bond donors (Lipinski definition) is 3. The van der Waals surface area contributed by atoms with Crippen LogP contribution in [0.25, 0.3) is 11.5 Å². The molecule has 1 aliphatic rings. The van der Waals surface area contributed by atoms with Gasteiger partial charge in [0.2, 0.25) is 11.8 Å². The number of amides is 2. The molecule has 0 aliphatic heterocycles. The number of nitrogens with zero attached hydrogens (tertiary/aromatic N) is 2. The van der Waals surface area contributed by atoms with E-state index in [2.05, 4.69) is 20.8 Å². The summed E-state index contributed by atoms with van der Waals surface area (Å²) in [7, 11) is 0. The van der Waals surface area contributed by atoms with Crippen molar-refractivity contribution in [3.05, 3.63) is 42.3 Å². The molecule has 0 bridgehead atoms. The second-order valence-electron chi connectivity index (χ2n) is 5.47. The Morgan fingerprint density at radius 2 is 2.09 bits per heavy atom. The van der Waals surface area contributed by atoms with Gasteiger partial charge in [-0.15, -0.1) is 10.2 Å². The van der Waals surface area contributed by atoms with E-state index in [4.69, 9.17) is 9.52 Å². The molecule has 7 nitrogen and oxygen atoms in total. The second kappa shape index (κ2) is 6.62. The van der Waals surface area contributed by atoms with E-state index in [1.807, 2.05) is 12.2 Å². The fraction of sp³-hybridized carbons (Fsp3) is 0.312. The van der Waals surface area contributed by atoms with Gasteiger partial charge in [-0.1, -0.05) is 12.2 Å². The van der Waals surface area contributed by atoms with Gasteiger partial charge in [0.15, 0.2) is 0 Å². The summed E-state index contributed by atoms with van der Waals surface area (Å²) in [4.78, 5) is 12.0. The van der Waals surface area contributed by atoms with Crippen LogP contribution in [0.5, 0.6) is 0 Å². The van der Waals surface area contributed by atoms with Gasteiger partial charge < -0.3 is 20.2 Å². The average Bonchev–Trinajstić information content (AvgIpc) is 3.17. The van der Waals surface area contributed by atoms with E-state index in [0.29, 0.717) is 17.5 Å². The number of aliphatic hydroxyl groups is 1. The summed E-state index contributed by atoms with van der Waals surface area (Å²) < 4.78 is 5.35. The number of aryl methyl sites for hydroxylation is 1. The highest BCUT2D eigenvalue weighted by molar-refractivity contribution is 5.89. The first-order chi connectivity index (χ1) is 11.1. The number of rotatable bonds is 4. The van der Waals surface area contributed by atoms with Gasteiger partial charge in [-0.2, -0.15) is 0 Å². The maximum atomic E-state index is 12.0. The van der Waals surface area contributed by atoms with E-state index in [1.54, 1.807) is 31.2 Å². The molecule has 0 fully saturated rings. The first-order valence-corrected chi connectivity index (χ1v) is 7.41. The maximum Gasteiger partial charge on any atom is 0.319 e. The van der Waals surface area contributed by atoms with Gasteiger partial charge in [-0.3, -0.25) is 0 Å². The van der Waals surface area contributed by atoms with Gasteiger partial charge in [-0.05, 0) is 30.7 Å². The van der Waals surface area contributed by atoms with E-state index in [-0.39, 0.29) is 24.6 Å². The molecule has 120 valence electrons. The standard InChI is InChI=1S/C16H18N4O3/c1-10-19-20-15(23-10)12-3-6-13(7-4-12)17-16(22)18-14-5-2-11(8-14)9-21/h2-7,11,14,21H,8-9H2,1H3,(H2,17,18,22)/t11-,14+/m0/s1. The second-order valence-corrected chi connectivity index (χ2v) is 5.47. The number of urea groups is 1. The lowest BCUT2D eigenvalue weighted by Gasteiger charge is -2.13. The van der Waals surface area contributed by atoms with E-state index in [9.17, 15) is 4.79 Å². The molecule has 0 saturated carbocycles. The summed E-state index contributed by atoms with van der Waals surface area (Å²) in [6.45, 7) is 1.84. The molecular weight excluding hydrogens is 296 g/mol. The largest absolute Gasteiger partial charge is 0.421 e. The third kappa shape index (κ3) is 3.75. The van der Waals surface area contributed by atoms with Gasteiger partial charge in [0.25, 0.3) is 0 Å². The summed E-state index contributed by atoms with van der Waals surface area (Å²) >= 11 is 0. The molecule has 23 heavy (non-hydrogen) atoms. The first kappa shape index (κ1) is 15.2. The quantitative estimate of drug-likeness (QED) is 0.750. The molecule has 0 spiro atoms. The maximum absolute atomic E-state index is 12.0. The number of hydrogen-bond acceptors (Lipinski definition) is 5. The molecule has 2 amide bonds. The Bertz CT molecular complexity index is 708. The number of carbonyl (C=O) groups is 1. The molecule has 3 N–H and O–H groups in total. The Kier molecular flexibility index (Phi) is 4.38. The van der Waals surface area contributed by atoms with Crippen molar-refractivity contribution in [2.75, 3.05) is 11.9 Å². The highest BCUT2D eigenvalue weighted by Gasteiger charge is 2.19. The number of nitrogens with one attached hydrogen (secondary N) is 2. The van der Waals surface area contributed by atoms with E-state index >= 15 is 0 Å². The molecule has 2 atom stereocenters. The van der Waals surface area contributed by atoms with Gasteiger partial charge in [0.1, 0.15) is 0 Å². The Labute approximate surface area is 133 Å². The third-order valence-electron chi connectivity index (χ3n) is 3.64. The SMILES string of the molecule is Cc1nnc(-c2ccc(NC(=O)N[C@@H]3C=C[C@H](CO)C3)cc2)o1. The van der Waals surface area contributed by atoms with Crippen LogP contribution < -0.4 is 10.6 Å². The van der Waals surface area contributed by atoms with Crippen LogP contribution in [-0.2, 0) is 0 Å². The lowest BCUT2D eigenvalue weighted by Crippen LogP contribution is -2.36. The predicted octanol–water partition coefficient (Wildman–Crippen LogP) is 2.10. The van der Waals surface area contributed by atoms with Crippen LogP contribution in [0.1, 0.15) is 12.3 Å². The normalized spacial score (nSPS) is 19.7. The summed E-state index contributed by atoms with van der Waals surface area (Å²) in [5.74, 6) is 1.08. The molecule has 7 heteroatoms. The molecule has 0 saturated heterocycles. The molecule has 0 radical (unpaired) electrons. The lowest BCUT2D eigenvalue weighted by atomic mass is 10.1. The third-order valence-corrected chi connectivity index (χ3v) is 3.64. The van der Waals surface area contributed by atoms with Gasteiger partial charge in [0.05, 0.1) is 0 Å². The fourth-order valence-corrected chi connectivity index (χ4v) is 2.46. The molecular formula is C16H18N4O3. The van der Waals surface area contributed by atoms with E-state index < -0.39 is 0 Å². The van der Waals surface area contributed by atoms with Crippen molar-refractivity contribution in [2.45, 2.75) is 19.4 Å². The van der Waals surface area contributed by atoms with Crippen LogP contribution in [0.15, 0.2) is 40.8 Å². The van der Waals surface area contributed by atoms with Gasteiger partial charge >= 0.3 is 6.03 Å². The minimum absolute atomic E-state index is 0.0483. The smallest absolute Gasteiger partial charge is 0.319 e. The molecule has 3 rings (SSSR count). The molecule has 2 aromatic rings. The zero-order valence-electron chi connectivity index (χ0n) is 12.7. The predicted molar refractivity (Wildman–Crippen MR) is 84.7 cm³/mol. The number of carbonyl (C=O) groups excluding carboxylic acids is 1. The highest BCUT2D eigenvalue weighted by Crippen LogP contribution is 2.20. The lowest BCUT2D eigenvalue weighted by molar-refractivity contribution is 0.238. The zero-order valence-corrected chi connectivity index (χ0v) is 12.7. The van der Waals surface area contributed by atoms with Gasteiger partial charge in [-0.25, -0.2) is 4.79 Å². The number of aromatic nitrogens is 2. The van der Waals surface area contributed by atoms with Crippen molar-refractivity contribution >= 4 is 11.7 Å². The minimum atomic E-state index is -0.278. The summed E-state index contributed by atoms with van der Waals surface area (Å²) in [6, 6.07) is 6.83. The minimum Gasteiger partial charge on any atom is -0.421 e. The Hall–Kier alpha value is -2.67.